The lowest BCUT2D eigenvalue weighted by molar-refractivity contribution is -0.153. The molecule has 3 aromatic carbocycles. The highest BCUT2D eigenvalue weighted by Gasteiger charge is 2.38. The smallest absolute Gasteiger partial charge is 0.422 e. The van der Waals surface area contributed by atoms with E-state index in [1.54, 1.807) is 26.0 Å². The number of nitrogens with zero attached hydrogens (tertiary/aromatic N) is 1. The van der Waals surface area contributed by atoms with E-state index in [0.29, 0.717) is 11.3 Å². The summed E-state index contributed by atoms with van der Waals surface area (Å²) in [7, 11) is 0. The van der Waals surface area contributed by atoms with Gasteiger partial charge in [-0.2, -0.15) is 13.2 Å². The molecule has 6 nitrogen and oxygen atoms in total. The van der Waals surface area contributed by atoms with Gasteiger partial charge in [0.05, 0.1) is 22.5 Å². The average Bonchev–Trinajstić information content (AvgIpc) is 3.04. The zero-order valence-corrected chi connectivity index (χ0v) is 19.1. The Morgan fingerprint density at radius 3 is 2.26 bits per heavy atom. The summed E-state index contributed by atoms with van der Waals surface area (Å²) in [4.78, 5) is 40.1. The maximum atomic E-state index is 13.1. The Morgan fingerprint density at radius 2 is 1.54 bits per heavy atom. The van der Waals surface area contributed by atoms with Crippen LogP contribution in [0.25, 0.3) is 0 Å². The summed E-state index contributed by atoms with van der Waals surface area (Å²) < 4.78 is 42.7. The third-order valence-corrected chi connectivity index (χ3v) is 5.53. The molecular weight excluding hydrogens is 461 g/mol. The van der Waals surface area contributed by atoms with Gasteiger partial charge in [0.1, 0.15) is 5.75 Å². The molecule has 3 amide bonds. The first kappa shape index (κ1) is 24.0. The molecule has 180 valence electrons. The van der Waals surface area contributed by atoms with E-state index in [0.717, 1.165) is 16.0 Å². The second-order valence-corrected chi connectivity index (χ2v) is 8.35. The number of carbonyl (C=O) groups is 3. The Kier molecular flexibility index (Phi) is 6.10. The monoisotopic (exact) mass is 482 g/mol. The van der Waals surface area contributed by atoms with Crippen molar-refractivity contribution in [2.45, 2.75) is 26.9 Å². The Bertz CT molecular complexity index is 1370. The fraction of sp³-hybridized carbons (Fsp3) is 0.192. The molecule has 0 spiro atoms. The number of imide groups is 1. The van der Waals surface area contributed by atoms with E-state index in [9.17, 15) is 27.6 Å². The van der Waals surface area contributed by atoms with Crippen LogP contribution in [-0.2, 0) is 0 Å². The Hall–Kier alpha value is -4.14. The van der Waals surface area contributed by atoms with Crippen LogP contribution in [0.3, 0.4) is 0 Å². The maximum Gasteiger partial charge on any atom is 0.422 e. The molecule has 1 N–H and O–H groups in total. The van der Waals surface area contributed by atoms with E-state index >= 15 is 0 Å². The number of fused-ring (bicyclic) bond motifs is 1. The van der Waals surface area contributed by atoms with Gasteiger partial charge in [-0.05, 0) is 73.9 Å². The standard InChI is InChI=1S/C26H21F3N2O4/c1-14-4-6-16(3)21(10-14)31-24(33)18-8-7-17(12-19(18)25(31)34)23(32)30-20-9-5-15(2)11-22(20)35-13-26(27,28)29/h4-12H,13H2,1-3H3,(H,30,32). The van der Waals surface area contributed by atoms with Crippen molar-refractivity contribution in [3.8, 4) is 5.75 Å². The van der Waals surface area contributed by atoms with Crippen LogP contribution in [-0.4, -0.2) is 30.5 Å². The SMILES string of the molecule is Cc1ccc(NC(=O)c2ccc3c(c2)C(=O)N(c2cc(C)ccc2C)C3=O)c(OCC(F)(F)F)c1. The Morgan fingerprint density at radius 1 is 0.886 bits per heavy atom. The Labute approximate surface area is 199 Å². The molecule has 0 atom stereocenters. The normalized spacial score (nSPS) is 13.1. The predicted octanol–water partition coefficient (Wildman–Crippen LogP) is 5.61. The number of anilines is 2. The van der Waals surface area contributed by atoms with Crippen LogP contribution in [0.2, 0.25) is 0 Å². The molecule has 4 rings (SSSR count). The third-order valence-electron chi connectivity index (χ3n) is 5.53. The molecule has 0 unspecified atom stereocenters. The van der Waals surface area contributed by atoms with Crippen molar-refractivity contribution < 1.29 is 32.3 Å². The third kappa shape index (κ3) is 4.89. The highest BCUT2D eigenvalue weighted by atomic mass is 19.4. The number of benzene rings is 3. The molecule has 0 saturated heterocycles. The summed E-state index contributed by atoms with van der Waals surface area (Å²) in [6.07, 6.45) is -4.54. The van der Waals surface area contributed by atoms with Gasteiger partial charge in [0.15, 0.2) is 6.61 Å². The van der Waals surface area contributed by atoms with Gasteiger partial charge in [-0.15, -0.1) is 0 Å². The first-order valence-electron chi connectivity index (χ1n) is 10.7. The first-order valence-corrected chi connectivity index (χ1v) is 10.7. The second-order valence-electron chi connectivity index (χ2n) is 8.35. The molecule has 0 aromatic heterocycles. The molecule has 1 aliphatic rings. The summed E-state index contributed by atoms with van der Waals surface area (Å²) in [6.45, 7) is 3.80. The van der Waals surface area contributed by atoms with Gasteiger partial charge < -0.3 is 10.1 Å². The van der Waals surface area contributed by atoms with Crippen molar-refractivity contribution in [1.82, 2.24) is 0 Å². The van der Waals surface area contributed by atoms with Gasteiger partial charge in [-0.25, -0.2) is 4.90 Å². The second kappa shape index (κ2) is 8.90. The van der Waals surface area contributed by atoms with E-state index in [1.165, 1.54) is 30.3 Å². The molecule has 0 bridgehead atoms. The summed E-state index contributed by atoms with van der Waals surface area (Å²) in [5.74, 6) is -1.85. The molecule has 0 radical (unpaired) electrons. The van der Waals surface area contributed by atoms with Gasteiger partial charge in [0.25, 0.3) is 17.7 Å². The van der Waals surface area contributed by atoms with Crippen LogP contribution in [0.5, 0.6) is 5.75 Å². The molecule has 3 aromatic rings. The van der Waals surface area contributed by atoms with Gasteiger partial charge in [0, 0.05) is 5.56 Å². The molecule has 1 aliphatic heterocycles. The average molecular weight is 482 g/mol. The lowest BCUT2D eigenvalue weighted by Crippen LogP contribution is -2.30. The van der Waals surface area contributed by atoms with Gasteiger partial charge in [-0.3, -0.25) is 14.4 Å². The van der Waals surface area contributed by atoms with Crippen LogP contribution in [0.4, 0.5) is 24.5 Å². The molecule has 35 heavy (non-hydrogen) atoms. The number of hydrogen-bond donors (Lipinski definition) is 1. The number of carbonyl (C=O) groups excluding carboxylic acids is 3. The molecule has 0 saturated carbocycles. The number of alkyl halides is 3. The minimum absolute atomic E-state index is 0.0461. The highest BCUT2D eigenvalue weighted by Crippen LogP contribution is 2.33. The fourth-order valence-electron chi connectivity index (χ4n) is 3.77. The lowest BCUT2D eigenvalue weighted by Gasteiger charge is -2.17. The van der Waals surface area contributed by atoms with Crippen molar-refractivity contribution in [3.63, 3.8) is 0 Å². The topological polar surface area (TPSA) is 75.7 Å². The number of amides is 3. The zero-order valence-electron chi connectivity index (χ0n) is 19.1. The lowest BCUT2D eigenvalue weighted by atomic mass is 10.1. The number of aryl methyl sites for hydroxylation is 3. The number of halogens is 3. The van der Waals surface area contributed by atoms with E-state index in [1.807, 2.05) is 19.1 Å². The number of nitrogens with one attached hydrogen (secondary N) is 1. The van der Waals surface area contributed by atoms with Gasteiger partial charge in [-0.1, -0.05) is 18.2 Å². The van der Waals surface area contributed by atoms with Crippen LogP contribution >= 0.6 is 0 Å². The van der Waals surface area contributed by atoms with E-state index < -0.39 is 30.5 Å². The van der Waals surface area contributed by atoms with E-state index in [2.05, 4.69) is 5.32 Å². The van der Waals surface area contributed by atoms with Crippen molar-refractivity contribution in [1.29, 1.82) is 0 Å². The molecular formula is C26H21F3N2O4. The van der Waals surface area contributed by atoms with Crippen LogP contribution < -0.4 is 15.0 Å². The number of ether oxygens (including phenoxy) is 1. The quantitative estimate of drug-likeness (QED) is 0.480. The van der Waals surface area contributed by atoms with Gasteiger partial charge >= 0.3 is 6.18 Å². The summed E-state index contributed by atoms with van der Waals surface area (Å²) in [6, 6.07) is 13.9. The van der Waals surface area contributed by atoms with Gasteiger partial charge in [0.2, 0.25) is 0 Å². The van der Waals surface area contributed by atoms with Crippen molar-refractivity contribution in [3.05, 3.63) is 88.0 Å². The van der Waals surface area contributed by atoms with Crippen LogP contribution in [0.15, 0.2) is 54.6 Å². The fourth-order valence-corrected chi connectivity index (χ4v) is 3.77. The molecule has 9 heteroatoms. The minimum Gasteiger partial charge on any atom is -0.482 e. The van der Waals surface area contributed by atoms with Crippen molar-refractivity contribution in [2.75, 3.05) is 16.8 Å². The van der Waals surface area contributed by atoms with Crippen molar-refractivity contribution in [2.24, 2.45) is 0 Å². The zero-order chi connectivity index (χ0) is 25.5. The highest BCUT2D eigenvalue weighted by molar-refractivity contribution is 6.35. The van der Waals surface area contributed by atoms with Crippen LogP contribution in [0, 0.1) is 20.8 Å². The maximum absolute atomic E-state index is 13.1. The van der Waals surface area contributed by atoms with E-state index in [4.69, 9.17) is 4.74 Å². The molecule has 0 aliphatic carbocycles. The summed E-state index contributed by atoms with van der Waals surface area (Å²) in [5, 5.41) is 2.53. The first-order chi connectivity index (χ1) is 16.4. The summed E-state index contributed by atoms with van der Waals surface area (Å²) in [5.41, 5.74) is 3.08. The Balaban J connectivity index is 1.61. The summed E-state index contributed by atoms with van der Waals surface area (Å²) >= 11 is 0. The number of rotatable bonds is 5. The minimum atomic E-state index is -4.54. The number of hydrogen-bond acceptors (Lipinski definition) is 4. The largest absolute Gasteiger partial charge is 0.482 e. The van der Waals surface area contributed by atoms with Crippen LogP contribution in [0.1, 0.15) is 47.8 Å². The molecule has 0 fully saturated rings. The predicted molar refractivity (Wildman–Crippen MR) is 124 cm³/mol. The van der Waals surface area contributed by atoms with Crippen molar-refractivity contribution >= 4 is 29.1 Å². The molecule has 1 heterocycles. The van der Waals surface area contributed by atoms with E-state index in [-0.39, 0.29) is 28.1 Å².